The minimum absolute atomic E-state index is 0.0738. The van der Waals surface area contributed by atoms with Crippen molar-refractivity contribution < 1.29 is 19.1 Å². The first kappa shape index (κ1) is 29.3. The number of nitrogens with one attached hydrogen (secondary N) is 1. The van der Waals surface area contributed by atoms with E-state index >= 15 is 0 Å². The van der Waals surface area contributed by atoms with Gasteiger partial charge in [0.2, 0.25) is 5.91 Å². The van der Waals surface area contributed by atoms with Crippen LogP contribution in [0.4, 0.5) is 0 Å². The van der Waals surface area contributed by atoms with E-state index in [-0.39, 0.29) is 35.2 Å². The molecule has 0 bridgehead atoms. The number of hydrogen-bond acceptors (Lipinski definition) is 5. The Labute approximate surface area is 218 Å². The first-order valence-electron chi connectivity index (χ1n) is 12.4. The van der Waals surface area contributed by atoms with E-state index in [1.165, 1.54) is 6.07 Å². The van der Waals surface area contributed by atoms with E-state index in [4.69, 9.17) is 5.73 Å². The molecule has 2 aromatic rings. The second kappa shape index (κ2) is 14.0. The van der Waals surface area contributed by atoms with Gasteiger partial charge >= 0.3 is 0 Å². The molecular formula is C29H37N3O5. The maximum atomic E-state index is 13.3. The average molecular weight is 508 g/mol. The third-order valence-corrected chi connectivity index (χ3v) is 5.55. The average Bonchev–Trinajstić information content (AvgIpc) is 2.85. The van der Waals surface area contributed by atoms with Crippen LogP contribution in [0.2, 0.25) is 0 Å². The smallest absolute Gasteiger partial charge is 0.293 e. The Kier molecular flexibility index (Phi) is 11.1. The summed E-state index contributed by atoms with van der Waals surface area (Å²) in [5.41, 5.74) is 6.58. The summed E-state index contributed by atoms with van der Waals surface area (Å²) in [6.07, 6.45) is 10.5. The summed E-state index contributed by atoms with van der Waals surface area (Å²) < 4.78 is 6.16. The van der Waals surface area contributed by atoms with Gasteiger partial charge in [-0.3, -0.25) is 19.2 Å². The summed E-state index contributed by atoms with van der Waals surface area (Å²) in [6, 6.07) is 12.5. The Balaban J connectivity index is 0.000000604. The molecule has 8 heteroatoms. The van der Waals surface area contributed by atoms with Gasteiger partial charge in [0.15, 0.2) is 0 Å². The van der Waals surface area contributed by atoms with Crippen molar-refractivity contribution in [1.82, 2.24) is 9.88 Å². The topological polar surface area (TPSA) is 120 Å². The van der Waals surface area contributed by atoms with E-state index in [0.29, 0.717) is 12.9 Å². The highest BCUT2D eigenvalue weighted by Crippen LogP contribution is 2.29. The number of amides is 2. The van der Waals surface area contributed by atoms with E-state index < -0.39 is 11.8 Å². The molecule has 1 aromatic carbocycles. The zero-order valence-electron chi connectivity index (χ0n) is 22.0. The molecule has 37 heavy (non-hydrogen) atoms. The van der Waals surface area contributed by atoms with Gasteiger partial charge in [-0.15, -0.1) is 0 Å². The number of carbonyl (C=O) groups excluding carboxylic acids is 3. The largest absolute Gasteiger partial charge is 0.462 e. The van der Waals surface area contributed by atoms with E-state index in [9.17, 15) is 19.2 Å². The molecule has 1 heterocycles. The molecule has 0 aliphatic heterocycles. The van der Waals surface area contributed by atoms with Crippen LogP contribution in [0.3, 0.4) is 0 Å². The molecular weight excluding hydrogens is 470 g/mol. The van der Waals surface area contributed by atoms with Crippen LogP contribution in [0.5, 0.6) is 0 Å². The number of allylic oxidation sites excluding steroid dienone is 4. The van der Waals surface area contributed by atoms with Crippen LogP contribution >= 0.6 is 0 Å². The fourth-order valence-corrected chi connectivity index (χ4v) is 3.75. The number of hydrogen-bond donors (Lipinski definition) is 2. The Morgan fingerprint density at radius 1 is 1.14 bits per heavy atom. The second-order valence-corrected chi connectivity index (χ2v) is 9.84. The summed E-state index contributed by atoms with van der Waals surface area (Å²) in [5, 5.41) is 2.79. The number of rotatable bonds is 9. The van der Waals surface area contributed by atoms with Gasteiger partial charge in [-0.05, 0) is 70.2 Å². The van der Waals surface area contributed by atoms with Crippen LogP contribution in [0.25, 0.3) is 0 Å². The summed E-state index contributed by atoms with van der Waals surface area (Å²) >= 11 is 0. The summed E-state index contributed by atoms with van der Waals surface area (Å²) in [7, 11) is 0. The number of aromatic nitrogens is 1. The van der Waals surface area contributed by atoms with Crippen molar-refractivity contribution in [3.8, 4) is 0 Å². The predicted octanol–water partition coefficient (Wildman–Crippen LogP) is 4.06. The lowest BCUT2D eigenvalue weighted by Crippen LogP contribution is -2.38. The van der Waals surface area contributed by atoms with E-state index in [0.717, 1.165) is 24.0 Å². The Morgan fingerprint density at radius 3 is 2.38 bits per heavy atom. The molecule has 198 valence electrons. The normalized spacial score (nSPS) is 14.3. The van der Waals surface area contributed by atoms with Gasteiger partial charge in [0, 0.05) is 18.7 Å². The number of pyridine rings is 1. The lowest BCUT2D eigenvalue weighted by atomic mass is 9.94. The molecule has 2 unspecified atom stereocenters. The summed E-state index contributed by atoms with van der Waals surface area (Å²) in [4.78, 5) is 46.6. The molecule has 0 radical (unpaired) electrons. The Bertz CT molecular complexity index is 1180. The summed E-state index contributed by atoms with van der Waals surface area (Å²) in [6.45, 7) is 7.71. The number of ether oxygens (including phenoxy) is 1. The molecule has 1 aliphatic carbocycles. The molecule has 0 fully saturated rings. The highest BCUT2D eigenvalue weighted by atomic mass is 16.5. The van der Waals surface area contributed by atoms with Gasteiger partial charge in [0.1, 0.15) is 11.2 Å². The maximum Gasteiger partial charge on any atom is 0.293 e. The van der Waals surface area contributed by atoms with Crippen LogP contribution in [0, 0.1) is 0 Å². The first-order chi connectivity index (χ1) is 17.5. The first-order valence-corrected chi connectivity index (χ1v) is 12.4. The Hall–Kier alpha value is -3.94. The van der Waals surface area contributed by atoms with Crippen LogP contribution < -0.4 is 16.6 Å². The molecule has 1 aliphatic rings. The van der Waals surface area contributed by atoms with Crippen LogP contribution in [-0.2, 0) is 14.3 Å². The third kappa shape index (κ3) is 9.56. The molecule has 1 aromatic heterocycles. The standard InChI is InChI=1S/C24H27N3O3.C5H10O2/c1-17(14-15-21(25)28)26-23(29)20-13-8-16-27(24(20)30)22(18-9-4-2-5-10-18)19-11-6-3-7-12-19;1-5(2,3)7-4-6/h2,4-6,8-13,16-17,22H,3,7,14-15H2,1H3,(H2,25,28)(H,26,29);4H,1-3H3. The van der Waals surface area contributed by atoms with Gasteiger partial charge in [0.05, 0.1) is 6.04 Å². The fourth-order valence-electron chi connectivity index (χ4n) is 3.75. The molecule has 2 atom stereocenters. The number of nitrogens with zero attached hydrogens (tertiary/aromatic N) is 1. The highest BCUT2D eigenvalue weighted by molar-refractivity contribution is 5.94. The van der Waals surface area contributed by atoms with Crippen LogP contribution in [0.1, 0.15) is 75.3 Å². The van der Waals surface area contributed by atoms with Gasteiger partial charge < -0.3 is 20.4 Å². The van der Waals surface area contributed by atoms with E-state index in [1.807, 2.05) is 57.2 Å². The summed E-state index contributed by atoms with van der Waals surface area (Å²) in [5.74, 6) is -0.871. The molecule has 3 rings (SSSR count). The lowest BCUT2D eigenvalue weighted by Gasteiger charge is -2.24. The van der Waals surface area contributed by atoms with Crippen molar-refractivity contribution >= 4 is 18.3 Å². The van der Waals surface area contributed by atoms with E-state index in [2.05, 4.69) is 22.2 Å². The number of benzene rings is 1. The zero-order valence-corrected chi connectivity index (χ0v) is 22.0. The van der Waals surface area contributed by atoms with Crippen molar-refractivity contribution in [1.29, 1.82) is 0 Å². The molecule has 8 nitrogen and oxygen atoms in total. The third-order valence-electron chi connectivity index (χ3n) is 5.55. The van der Waals surface area contributed by atoms with Crippen molar-refractivity contribution in [3.05, 3.63) is 93.9 Å². The van der Waals surface area contributed by atoms with Gasteiger partial charge in [-0.25, -0.2) is 0 Å². The lowest BCUT2D eigenvalue weighted by molar-refractivity contribution is -0.138. The van der Waals surface area contributed by atoms with Crippen molar-refractivity contribution in [3.63, 3.8) is 0 Å². The van der Waals surface area contributed by atoms with Gasteiger partial charge in [-0.2, -0.15) is 0 Å². The fraction of sp³-hybridized carbons (Fsp3) is 0.379. The van der Waals surface area contributed by atoms with Gasteiger partial charge in [0.25, 0.3) is 17.9 Å². The quantitative estimate of drug-likeness (QED) is 0.496. The van der Waals surface area contributed by atoms with Crippen molar-refractivity contribution in [2.45, 2.75) is 71.1 Å². The molecule has 0 saturated heterocycles. The van der Waals surface area contributed by atoms with Crippen LogP contribution in [-0.4, -0.2) is 34.5 Å². The van der Waals surface area contributed by atoms with Crippen LogP contribution in [0.15, 0.2) is 77.3 Å². The number of nitrogens with two attached hydrogens (primary N) is 1. The predicted molar refractivity (Wildman–Crippen MR) is 144 cm³/mol. The number of primary amides is 1. The SMILES string of the molecule is CC(C)(C)OC=O.CC(CCC(N)=O)NC(=O)c1cccn(C(C2=CCCC=C2)c2ccccc2)c1=O. The molecule has 2 amide bonds. The van der Waals surface area contributed by atoms with Gasteiger partial charge in [-0.1, -0.05) is 48.6 Å². The minimum atomic E-state index is -0.453. The molecule has 0 saturated carbocycles. The monoisotopic (exact) mass is 507 g/mol. The van der Waals surface area contributed by atoms with Crippen molar-refractivity contribution in [2.75, 3.05) is 0 Å². The molecule has 3 N–H and O–H groups in total. The molecule has 0 spiro atoms. The second-order valence-electron chi connectivity index (χ2n) is 9.84. The maximum absolute atomic E-state index is 13.3. The Morgan fingerprint density at radius 2 is 1.84 bits per heavy atom. The van der Waals surface area contributed by atoms with E-state index in [1.54, 1.807) is 23.8 Å². The highest BCUT2D eigenvalue weighted by Gasteiger charge is 2.22. The minimum Gasteiger partial charge on any atom is -0.462 e. The zero-order chi connectivity index (χ0) is 27.4. The van der Waals surface area contributed by atoms with Crippen molar-refractivity contribution in [2.24, 2.45) is 5.73 Å². The number of carbonyl (C=O) groups is 3.